The molecule has 0 aliphatic carbocycles. The Morgan fingerprint density at radius 2 is 2.35 bits per heavy atom. The Balaban J connectivity index is 2.39. The molecule has 4 atom stereocenters. The molecule has 1 fully saturated rings. The van der Waals surface area contributed by atoms with Crippen LogP contribution in [0.4, 0.5) is 0 Å². The number of hydrogen-bond donors (Lipinski definition) is 3. The Hall–Kier alpha value is -2.17. The van der Waals surface area contributed by atoms with E-state index in [-0.39, 0.29) is 13.0 Å². The Morgan fingerprint density at radius 1 is 1.61 bits per heavy atom. The third kappa shape index (κ3) is 3.14. The molecule has 1 aliphatic rings. The summed E-state index contributed by atoms with van der Waals surface area (Å²) in [6, 6.07) is 1.13. The smallest absolute Gasteiger partial charge is 0.330 e. The highest BCUT2D eigenvalue weighted by Crippen LogP contribution is 2.40. The van der Waals surface area contributed by atoms with Crippen molar-refractivity contribution in [2.24, 2.45) is 5.11 Å². The van der Waals surface area contributed by atoms with E-state index >= 15 is 0 Å². The predicted octanol–water partition coefficient (Wildman–Crippen LogP) is -1.13. The Labute approximate surface area is 129 Å². The second-order valence-electron chi connectivity index (χ2n) is 5.10. The van der Waals surface area contributed by atoms with E-state index in [9.17, 15) is 19.8 Å². The van der Waals surface area contributed by atoms with E-state index in [4.69, 9.17) is 15.0 Å². The lowest BCUT2D eigenvalue weighted by Gasteiger charge is -2.29. The van der Waals surface area contributed by atoms with Gasteiger partial charge in [-0.15, -0.1) is 0 Å². The molecule has 0 amide bonds. The van der Waals surface area contributed by atoms with Crippen LogP contribution < -0.4 is 11.2 Å². The van der Waals surface area contributed by atoms with Gasteiger partial charge < -0.3 is 19.7 Å². The molecule has 0 unspecified atom stereocenters. The lowest BCUT2D eigenvalue weighted by Crippen LogP contribution is -2.47. The molecule has 0 aromatic carbocycles. The molecule has 1 aliphatic heterocycles. The number of hydrogen-bond acceptors (Lipinski definition) is 7. The van der Waals surface area contributed by atoms with Crippen LogP contribution in [0.5, 0.6) is 0 Å². The Kier molecular flexibility index (Phi) is 5.19. The van der Waals surface area contributed by atoms with Gasteiger partial charge >= 0.3 is 5.69 Å². The molecular weight excluding hydrogens is 310 g/mol. The maximum absolute atomic E-state index is 11.9. The molecule has 0 bridgehead atoms. The third-order valence-corrected chi connectivity index (χ3v) is 3.85. The van der Waals surface area contributed by atoms with Crippen LogP contribution in [0.2, 0.25) is 0 Å². The van der Waals surface area contributed by atoms with Crippen LogP contribution in [0.15, 0.2) is 27.0 Å². The normalized spacial score (nSPS) is 30.1. The summed E-state index contributed by atoms with van der Waals surface area (Å²) in [7, 11) is 1.32. The summed E-state index contributed by atoms with van der Waals surface area (Å²) in [6.07, 6.45) is -2.04. The van der Waals surface area contributed by atoms with Gasteiger partial charge in [-0.05, 0) is 12.0 Å². The minimum atomic E-state index is -1.45. The van der Waals surface area contributed by atoms with E-state index in [1.807, 2.05) is 0 Å². The molecule has 0 saturated carbocycles. The number of nitrogens with one attached hydrogen (secondary N) is 1. The Morgan fingerprint density at radius 3 is 2.91 bits per heavy atom. The molecule has 2 heterocycles. The van der Waals surface area contributed by atoms with Crippen molar-refractivity contribution in [2.45, 2.75) is 30.5 Å². The summed E-state index contributed by atoms with van der Waals surface area (Å²) in [4.78, 5) is 27.8. The number of methoxy groups -OCH3 is 1. The van der Waals surface area contributed by atoms with Gasteiger partial charge in [-0.25, -0.2) is 4.79 Å². The number of azide groups is 1. The molecule has 1 aromatic rings. The minimum absolute atomic E-state index is 0.0161. The summed E-state index contributed by atoms with van der Waals surface area (Å²) in [5, 5.41) is 23.5. The van der Waals surface area contributed by atoms with E-state index in [1.54, 1.807) is 0 Å². The fourth-order valence-electron chi connectivity index (χ4n) is 2.62. The molecule has 126 valence electrons. The lowest BCUT2D eigenvalue weighted by molar-refractivity contribution is -0.132. The first-order chi connectivity index (χ1) is 11.0. The molecule has 23 heavy (non-hydrogen) atoms. The van der Waals surface area contributed by atoms with Crippen molar-refractivity contribution < 1.29 is 19.7 Å². The van der Waals surface area contributed by atoms with Crippen LogP contribution in [0.3, 0.4) is 0 Å². The van der Waals surface area contributed by atoms with Crippen LogP contribution in [-0.4, -0.2) is 57.8 Å². The minimum Gasteiger partial charge on any atom is -0.393 e. The lowest BCUT2D eigenvalue weighted by atomic mass is 9.92. The van der Waals surface area contributed by atoms with Gasteiger partial charge in [0.15, 0.2) is 6.23 Å². The van der Waals surface area contributed by atoms with Crippen LogP contribution in [-0.2, 0) is 9.47 Å². The number of rotatable bonds is 6. The Bertz CT molecular complexity index is 710. The van der Waals surface area contributed by atoms with E-state index in [2.05, 4.69) is 15.0 Å². The molecule has 11 heteroatoms. The number of ether oxygens (including phenoxy) is 2. The van der Waals surface area contributed by atoms with E-state index in [0.717, 1.165) is 10.6 Å². The van der Waals surface area contributed by atoms with Gasteiger partial charge in [0.25, 0.3) is 5.56 Å². The molecule has 1 saturated heterocycles. The van der Waals surface area contributed by atoms with Gasteiger partial charge in [-0.2, -0.15) is 0 Å². The quantitative estimate of drug-likeness (QED) is 0.340. The fraction of sp³-hybridized carbons (Fsp3) is 0.667. The zero-order chi connectivity index (χ0) is 17.0. The number of aromatic nitrogens is 2. The van der Waals surface area contributed by atoms with Crippen molar-refractivity contribution in [1.29, 1.82) is 0 Å². The van der Waals surface area contributed by atoms with Gasteiger partial charge in [0.2, 0.25) is 0 Å². The molecule has 0 spiro atoms. The van der Waals surface area contributed by atoms with Gasteiger partial charge in [0, 0.05) is 30.8 Å². The van der Waals surface area contributed by atoms with Crippen molar-refractivity contribution in [3.8, 4) is 0 Å². The van der Waals surface area contributed by atoms with Gasteiger partial charge in [-0.1, -0.05) is 5.11 Å². The monoisotopic (exact) mass is 327 g/mol. The second kappa shape index (κ2) is 6.94. The molecule has 1 aromatic heterocycles. The summed E-state index contributed by atoms with van der Waals surface area (Å²) in [5.41, 5.74) is 5.58. The van der Waals surface area contributed by atoms with Crippen molar-refractivity contribution in [1.82, 2.24) is 9.55 Å². The number of H-pyrrole nitrogens is 1. The zero-order valence-electron chi connectivity index (χ0n) is 12.3. The van der Waals surface area contributed by atoms with Gasteiger partial charge in [0.05, 0.1) is 6.61 Å². The largest absolute Gasteiger partial charge is 0.393 e. The first-order valence-corrected chi connectivity index (χ1v) is 6.81. The summed E-state index contributed by atoms with van der Waals surface area (Å²) in [5.74, 6) is 0. The SMILES string of the molecule is CO[C@H]1[C@H](n2ccc(=O)[nH]c2=O)O[C@@](CO)(CCN=[N+]=[N-])[C@H]1O. The zero-order valence-corrected chi connectivity index (χ0v) is 12.3. The van der Waals surface area contributed by atoms with Crippen LogP contribution in [0, 0.1) is 0 Å². The summed E-state index contributed by atoms with van der Waals surface area (Å²) < 4.78 is 12.0. The molecule has 3 N–H and O–H groups in total. The molecular formula is C12H17N5O6. The van der Waals surface area contributed by atoms with Crippen LogP contribution in [0.1, 0.15) is 12.6 Å². The first kappa shape index (κ1) is 17.2. The standard InChI is InChI=1S/C12H17N5O6/c1-22-8-9(20)12(6-18,3-4-14-16-13)23-10(8)17-5-2-7(19)15-11(17)21/h2,5,8-10,18,20H,3-4,6H2,1H3,(H,15,19,21)/t8-,9+,10-,12-/m1/s1. The van der Waals surface area contributed by atoms with Crippen molar-refractivity contribution >= 4 is 0 Å². The van der Waals surface area contributed by atoms with Crippen molar-refractivity contribution in [3.05, 3.63) is 43.5 Å². The highest BCUT2D eigenvalue weighted by Gasteiger charge is 2.55. The third-order valence-electron chi connectivity index (χ3n) is 3.85. The van der Waals surface area contributed by atoms with E-state index in [1.165, 1.54) is 13.3 Å². The number of aromatic amines is 1. The molecule has 0 radical (unpaired) electrons. The van der Waals surface area contributed by atoms with Crippen LogP contribution in [0.25, 0.3) is 10.4 Å². The maximum atomic E-state index is 11.9. The average Bonchev–Trinajstić information content (AvgIpc) is 2.80. The van der Waals surface area contributed by atoms with Crippen LogP contribution >= 0.6 is 0 Å². The maximum Gasteiger partial charge on any atom is 0.330 e. The predicted molar refractivity (Wildman–Crippen MR) is 76.7 cm³/mol. The molecule has 2 rings (SSSR count). The number of aliphatic hydroxyl groups is 2. The topological polar surface area (TPSA) is 163 Å². The van der Waals surface area contributed by atoms with Crippen molar-refractivity contribution in [3.63, 3.8) is 0 Å². The van der Waals surface area contributed by atoms with E-state index in [0.29, 0.717) is 0 Å². The average molecular weight is 327 g/mol. The summed E-state index contributed by atoms with van der Waals surface area (Å²) >= 11 is 0. The van der Waals surface area contributed by atoms with Gasteiger partial charge in [-0.3, -0.25) is 14.3 Å². The number of aliphatic hydroxyl groups excluding tert-OH is 2. The highest BCUT2D eigenvalue weighted by atomic mass is 16.6. The summed E-state index contributed by atoms with van der Waals surface area (Å²) in [6.45, 7) is -0.582. The number of nitrogens with zero attached hydrogens (tertiary/aromatic N) is 4. The fourth-order valence-corrected chi connectivity index (χ4v) is 2.62. The first-order valence-electron chi connectivity index (χ1n) is 6.81. The van der Waals surface area contributed by atoms with E-state index < -0.39 is 41.9 Å². The second-order valence-corrected chi connectivity index (χ2v) is 5.10. The molecule has 11 nitrogen and oxygen atoms in total. The van der Waals surface area contributed by atoms with Crippen molar-refractivity contribution in [2.75, 3.05) is 20.3 Å². The van der Waals surface area contributed by atoms with Gasteiger partial charge in [0.1, 0.15) is 17.8 Å². The highest BCUT2D eigenvalue weighted by molar-refractivity contribution is 5.03.